The third-order valence-corrected chi connectivity index (χ3v) is 8.26. The molecule has 0 spiro atoms. The number of carbonyl (C=O) groups excluding carboxylic acids is 2. The summed E-state index contributed by atoms with van der Waals surface area (Å²) in [5, 5.41) is 0.968. The average molecular weight is 450 g/mol. The van der Waals surface area contributed by atoms with Gasteiger partial charge in [-0.05, 0) is 61.1 Å². The first kappa shape index (κ1) is 20.8. The van der Waals surface area contributed by atoms with Gasteiger partial charge in [0.25, 0.3) is 0 Å². The van der Waals surface area contributed by atoms with Crippen molar-refractivity contribution in [3.63, 3.8) is 0 Å². The van der Waals surface area contributed by atoms with Crippen LogP contribution in [0, 0.1) is 35.5 Å². The number of nitrogens with zero attached hydrogens (tertiary/aromatic N) is 1. The number of aromatic amines is 1. The molecule has 33 heavy (non-hydrogen) atoms. The molecule has 1 aromatic carbocycles. The van der Waals surface area contributed by atoms with Crippen LogP contribution in [0.1, 0.15) is 25.7 Å². The molecule has 5 aliphatic rings. The normalized spacial score (nSPS) is 32.2. The number of nitrogens with one attached hydrogen (secondary N) is 1. The first-order valence-electron chi connectivity index (χ1n) is 12.1. The summed E-state index contributed by atoms with van der Waals surface area (Å²) in [6, 6.07) is 5.70. The zero-order valence-corrected chi connectivity index (χ0v) is 18.9. The topological polar surface area (TPSA) is 97.7 Å². The highest BCUT2D eigenvalue weighted by Gasteiger charge is 2.66. The maximum Gasteiger partial charge on any atom is 0.233 e. The number of hydrogen-bond acceptors (Lipinski definition) is 5. The Hall–Kier alpha value is -2.80. The lowest BCUT2D eigenvalue weighted by Gasteiger charge is -2.37. The number of aromatic nitrogens is 1. The molecule has 1 saturated heterocycles. The number of allylic oxidation sites excluding steroid dienone is 2. The molecule has 174 valence electrons. The molecule has 7 nitrogen and oxygen atoms in total. The monoisotopic (exact) mass is 449 g/mol. The van der Waals surface area contributed by atoms with E-state index in [2.05, 4.69) is 17.1 Å². The van der Waals surface area contributed by atoms with E-state index in [9.17, 15) is 9.59 Å². The van der Waals surface area contributed by atoms with Gasteiger partial charge in [-0.1, -0.05) is 18.6 Å². The van der Waals surface area contributed by atoms with Crippen molar-refractivity contribution in [3.05, 3.63) is 36.5 Å². The van der Waals surface area contributed by atoms with Crippen LogP contribution in [0.5, 0.6) is 11.5 Å². The Bertz CT molecular complexity index is 1090. The second-order valence-electron chi connectivity index (χ2n) is 10.1. The predicted octanol–water partition coefficient (Wildman–Crippen LogP) is 3.11. The highest BCUT2D eigenvalue weighted by Crippen LogP contribution is 2.65. The number of amides is 2. The molecule has 7 rings (SSSR count). The van der Waals surface area contributed by atoms with Crippen molar-refractivity contribution >= 4 is 22.7 Å². The zero-order valence-electron chi connectivity index (χ0n) is 18.9. The number of hydrogen-bond donors (Lipinski definition) is 2. The minimum atomic E-state index is -0.111. The van der Waals surface area contributed by atoms with Crippen LogP contribution in [-0.4, -0.2) is 48.0 Å². The third kappa shape index (κ3) is 3.36. The maximum absolute atomic E-state index is 13.0. The highest BCUT2D eigenvalue weighted by atomic mass is 16.5. The van der Waals surface area contributed by atoms with Gasteiger partial charge < -0.3 is 20.2 Å². The number of nitrogens with two attached hydrogens (primary N) is 1. The summed E-state index contributed by atoms with van der Waals surface area (Å²) in [6.45, 7) is 0.920. The van der Waals surface area contributed by atoms with E-state index in [0.29, 0.717) is 36.8 Å². The minimum absolute atomic E-state index is 0.0668. The second-order valence-corrected chi connectivity index (χ2v) is 10.1. The Morgan fingerprint density at radius 1 is 1.12 bits per heavy atom. The second kappa shape index (κ2) is 7.90. The van der Waals surface area contributed by atoms with Gasteiger partial charge in [-0.25, -0.2) is 0 Å². The molecule has 4 aliphatic carbocycles. The number of benzene rings is 1. The lowest BCUT2D eigenvalue weighted by Crippen LogP contribution is -2.40. The largest absolute Gasteiger partial charge is 0.497 e. The number of rotatable bonds is 9. The van der Waals surface area contributed by atoms with Gasteiger partial charge >= 0.3 is 0 Å². The summed E-state index contributed by atoms with van der Waals surface area (Å²) in [5.41, 5.74) is 7.27. The van der Waals surface area contributed by atoms with Gasteiger partial charge in [0.05, 0.1) is 18.9 Å². The Balaban J connectivity index is 0.980. The van der Waals surface area contributed by atoms with Crippen molar-refractivity contribution in [2.75, 3.05) is 20.3 Å². The molecule has 3 N–H and O–H groups in total. The zero-order chi connectivity index (χ0) is 22.7. The van der Waals surface area contributed by atoms with Gasteiger partial charge in [0.2, 0.25) is 11.8 Å². The van der Waals surface area contributed by atoms with Crippen LogP contribution in [0.3, 0.4) is 0 Å². The number of fused-ring (bicyclic) bond motifs is 1. The van der Waals surface area contributed by atoms with Gasteiger partial charge in [-0.3, -0.25) is 14.5 Å². The fourth-order valence-corrected chi connectivity index (χ4v) is 6.52. The Labute approximate surface area is 193 Å². The Kier molecular flexibility index (Phi) is 4.98. The van der Waals surface area contributed by atoms with Crippen molar-refractivity contribution in [3.8, 4) is 11.5 Å². The van der Waals surface area contributed by atoms with Gasteiger partial charge in [-0.2, -0.15) is 0 Å². The van der Waals surface area contributed by atoms with E-state index < -0.39 is 0 Å². The van der Waals surface area contributed by atoms with Crippen molar-refractivity contribution < 1.29 is 19.1 Å². The minimum Gasteiger partial charge on any atom is -0.497 e. The lowest BCUT2D eigenvalue weighted by atomic mass is 9.63. The van der Waals surface area contributed by atoms with Crippen molar-refractivity contribution in [2.45, 2.75) is 31.7 Å². The predicted molar refractivity (Wildman–Crippen MR) is 124 cm³/mol. The van der Waals surface area contributed by atoms with E-state index in [1.54, 1.807) is 12.0 Å². The maximum atomic E-state index is 13.0. The molecule has 7 atom stereocenters. The van der Waals surface area contributed by atoms with Crippen molar-refractivity contribution in [1.82, 2.24) is 9.88 Å². The number of imide groups is 1. The van der Waals surface area contributed by atoms with Crippen molar-refractivity contribution in [2.24, 2.45) is 41.2 Å². The van der Waals surface area contributed by atoms with Gasteiger partial charge in [0, 0.05) is 29.7 Å². The number of unbranched alkanes of at least 4 members (excludes halogenated alkanes) is 1. The van der Waals surface area contributed by atoms with Gasteiger partial charge in [-0.15, -0.1) is 0 Å². The molecule has 2 amide bonds. The summed E-state index contributed by atoms with van der Waals surface area (Å²) in [4.78, 5) is 30.8. The molecule has 2 aromatic rings. The number of methoxy groups -OCH3 is 1. The van der Waals surface area contributed by atoms with Gasteiger partial charge in [0.15, 0.2) is 0 Å². The molecular weight excluding hydrogens is 418 g/mol. The summed E-state index contributed by atoms with van der Waals surface area (Å²) in [7, 11) is 1.64. The van der Waals surface area contributed by atoms with E-state index >= 15 is 0 Å². The number of H-pyrrole nitrogens is 1. The molecule has 1 aromatic heterocycles. The molecule has 2 bridgehead atoms. The van der Waals surface area contributed by atoms with E-state index in [4.69, 9.17) is 15.2 Å². The summed E-state index contributed by atoms with van der Waals surface area (Å²) in [5.74, 6) is 3.36. The summed E-state index contributed by atoms with van der Waals surface area (Å²) in [6.07, 6.45) is 9.90. The number of likely N-dealkylation sites (tertiary alicyclic amines) is 1. The van der Waals surface area contributed by atoms with Crippen LogP contribution < -0.4 is 15.2 Å². The van der Waals surface area contributed by atoms with Crippen LogP contribution in [0.15, 0.2) is 36.5 Å². The van der Waals surface area contributed by atoms with Crippen LogP contribution in [0.4, 0.5) is 0 Å². The lowest BCUT2D eigenvalue weighted by molar-refractivity contribution is -0.140. The fourth-order valence-electron chi connectivity index (χ4n) is 6.52. The molecule has 1 aliphatic heterocycles. The SMILES string of the molecule is COc1ccc2[nH]cc(OCC(N)CCCCN3C(=O)C4C5C=CC(C6CC56)C4C3=O)c2c1. The number of ether oxygens (including phenoxy) is 2. The number of carbonyl (C=O) groups is 2. The first-order chi connectivity index (χ1) is 16.1. The van der Waals surface area contributed by atoms with Crippen LogP contribution >= 0.6 is 0 Å². The first-order valence-corrected chi connectivity index (χ1v) is 12.1. The molecular formula is C26H31N3O4. The third-order valence-electron chi connectivity index (χ3n) is 8.26. The summed E-state index contributed by atoms with van der Waals surface area (Å²) >= 11 is 0. The molecule has 7 heteroatoms. The molecule has 2 saturated carbocycles. The van der Waals surface area contributed by atoms with Crippen LogP contribution in [-0.2, 0) is 9.59 Å². The molecule has 0 radical (unpaired) electrons. The van der Waals surface area contributed by atoms with E-state index in [0.717, 1.165) is 41.7 Å². The Morgan fingerprint density at radius 2 is 1.85 bits per heavy atom. The van der Waals surface area contributed by atoms with Crippen LogP contribution in [0.25, 0.3) is 10.9 Å². The molecule has 3 fully saturated rings. The molecule has 7 unspecified atom stereocenters. The quantitative estimate of drug-likeness (QED) is 0.348. The van der Waals surface area contributed by atoms with E-state index in [1.165, 1.54) is 6.42 Å². The smallest absolute Gasteiger partial charge is 0.233 e. The fraction of sp³-hybridized carbons (Fsp3) is 0.538. The van der Waals surface area contributed by atoms with Crippen molar-refractivity contribution in [1.29, 1.82) is 0 Å². The molecule has 2 heterocycles. The van der Waals surface area contributed by atoms with E-state index in [-0.39, 0.29) is 29.7 Å². The average Bonchev–Trinajstić information content (AvgIpc) is 3.51. The highest BCUT2D eigenvalue weighted by molar-refractivity contribution is 6.06. The van der Waals surface area contributed by atoms with E-state index in [1.807, 2.05) is 24.4 Å². The Morgan fingerprint density at radius 3 is 2.55 bits per heavy atom. The van der Waals surface area contributed by atoms with Gasteiger partial charge in [0.1, 0.15) is 18.1 Å². The standard InChI is InChI=1S/C26H31N3O4/c1-32-15-5-8-21-20(10-15)22(12-28-21)33-13-14(27)4-2-3-9-29-25(30)23-16-6-7-17(19-11-18(16)19)24(23)26(29)31/h5-8,10,12,14,16-19,23-24,28H,2-4,9,11,13,27H2,1H3. The van der Waals surface area contributed by atoms with Crippen LogP contribution in [0.2, 0.25) is 0 Å². The summed E-state index contributed by atoms with van der Waals surface area (Å²) < 4.78 is 11.3.